The molecule has 2 aliphatic rings. The maximum absolute atomic E-state index is 5.97. The maximum atomic E-state index is 5.97. The number of aliphatic imine (C=N–C) groups is 2. The summed E-state index contributed by atoms with van der Waals surface area (Å²) in [6.45, 7) is 9.44. The number of benzene rings is 4. The Labute approximate surface area is 300 Å². The van der Waals surface area contributed by atoms with Crippen molar-refractivity contribution in [1.29, 1.82) is 0 Å². The number of hydrogen-bond acceptors (Lipinski definition) is 6. The summed E-state index contributed by atoms with van der Waals surface area (Å²) in [5, 5.41) is 4.73. The number of aromatic nitrogens is 4. The highest BCUT2D eigenvalue weighted by Crippen LogP contribution is 2.38. The zero-order valence-electron chi connectivity index (χ0n) is 29.5. The van der Waals surface area contributed by atoms with Crippen LogP contribution in [0.2, 0.25) is 0 Å². The molecule has 0 spiro atoms. The second-order valence-corrected chi connectivity index (χ2v) is 15.1. The van der Waals surface area contributed by atoms with E-state index in [4.69, 9.17) is 19.5 Å². The lowest BCUT2D eigenvalue weighted by Crippen LogP contribution is -2.17. The Balaban J connectivity index is 1.10. The Kier molecular flexibility index (Phi) is 6.52. The largest absolute Gasteiger partial charge is 0.475 e. The number of nitrogens with zero attached hydrogens (tertiary/aromatic N) is 6. The van der Waals surface area contributed by atoms with Gasteiger partial charge in [0.15, 0.2) is 0 Å². The molecule has 0 unspecified atom stereocenters. The highest BCUT2D eigenvalue weighted by atomic mass is 16.5. The summed E-state index contributed by atoms with van der Waals surface area (Å²) in [6, 6.07) is 34.9. The molecule has 0 saturated carbocycles. The van der Waals surface area contributed by atoms with E-state index in [1.807, 2.05) is 24.8 Å². The molecule has 8 heteroatoms. The summed E-state index contributed by atoms with van der Waals surface area (Å²) in [5.41, 5.74) is 9.98. The van der Waals surface area contributed by atoms with Crippen LogP contribution in [0.5, 0.6) is 0 Å². The minimum absolute atomic E-state index is 0.243. The monoisotopic (exact) mass is 680 g/mol. The third-order valence-electron chi connectivity index (χ3n) is 10.1. The van der Waals surface area contributed by atoms with Crippen LogP contribution in [-0.2, 0) is 9.47 Å². The number of rotatable bonds is 5. The van der Waals surface area contributed by atoms with Gasteiger partial charge in [0.2, 0.25) is 11.8 Å². The smallest absolute Gasteiger partial charge is 0.218 e. The molecule has 0 fully saturated rings. The van der Waals surface area contributed by atoms with Crippen LogP contribution in [0, 0.1) is 0 Å². The molecule has 52 heavy (non-hydrogen) atoms. The molecule has 4 aromatic heterocycles. The predicted octanol–water partition coefficient (Wildman–Crippen LogP) is 9.45. The number of pyridine rings is 2. The van der Waals surface area contributed by atoms with Crippen LogP contribution >= 0.6 is 0 Å². The Bertz CT molecular complexity index is 2630. The number of ether oxygens (including phenoxy) is 2. The van der Waals surface area contributed by atoms with Gasteiger partial charge in [0.1, 0.15) is 13.2 Å². The molecule has 10 rings (SSSR count). The van der Waals surface area contributed by atoms with Gasteiger partial charge < -0.3 is 18.6 Å². The first-order valence-corrected chi connectivity index (χ1v) is 17.7. The molecule has 2 aliphatic heterocycles. The molecule has 0 saturated heterocycles. The summed E-state index contributed by atoms with van der Waals surface area (Å²) in [5.74, 6) is 1.29. The predicted molar refractivity (Wildman–Crippen MR) is 209 cm³/mol. The van der Waals surface area contributed by atoms with E-state index >= 15 is 0 Å². The number of fused-ring (bicyclic) bond motifs is 6. The van der Waals surface area contributed by atoms with Crippen LogP contribution in [0.4, 0.5) is 0 Å². The zero-order chi connectivity index (χ0) is 35.2. The SMILES string of the molecule is CC1(C)COC(c2cncc(-n3c4ccccc4c4cc(-c5ccc6c(c5)c5ccccc5n6-c5cncc(C6=NC(C)(C)CO6)c5)ccc43)c2)=N1. The number of para-hydroxylation sites is 2. The molecular formula is C44H36N6O2. The van der Waals surface area contributed by atoms with E-state index < -0.39 is 0 Å². The quantitative estimate of drug-likeness (QED) is 0.181. The first kappa shape index (κ1) is 30.5. The molecule has 4 aromatic carbocycles. The Hall–Kier alpha value is -6.28. The molecule has 0 aliphatic carbocycles. The zero-order valence-corrected chi connectivity index (χ0v) is 29.5. The molecule has 8 nitrogen and oxygen atoms in total. The molecule has 254 valence electrons. The van der Waals surface area contributed by atoms with Crippen LogP contribution < -0.4 is 0 Å². The van der Waals surface area contributed by atoms with Gasteiger partial charge >= 0.3 is 0 Å². The van der Waals surface area contributed by atoms with Gasteiger partial charge in [-0.05, 0) is 87.4 Å². The number of hydrogen-bond donors (Lipinski definition) is 0. The van der Waals surface area contributed by atoms with Gasteiger partial charge in [-0.2, -0.15) is 0 Å². The van der Waals surface area contributed by atoms with Crippen molar-refractivity contribution < 1.29 is 9.47 Å². The average Bonchev–Trinajstić information content (AvgIpc) is 3.91. The van der Waals surface area contributed by atoms with E-state index in [1.165, 1.54) is 21.5 Å². The second-order valence-electron chi connectivity index (χ2n) is 15.1. The third-order valence-corrected chi connectivity index (χ3v) is 10.1. The van der Waals surface area contributed by atoms with Gasteiger partial charge in [-0.3, -0.25) is 9.97 Å². The molecule has 0 atom stereocenters. The standard InChI is InChI=1S/C44H36N6O2/c1-43(2)25-51-41(47-43)29-17-31(23-45-21-29)49-37-11-7-5-9-33(37)35-19-27(13-15-39(35)49)28-14-16-40-36(20-28)34-10-6-8-12-38(34)50(40)32-18-30(22-46-24-32)42-48-44(3,4)26-52-42/h5-24H,25-26H2,1-4H3. The van der Waals surface area contributed by atoms with E-state index in [-0.39, 0.29) is 11.1 Å². The molecule has 0 radical (unpaired) electrons. The van der Waals surface area contributed by atoms with Gasteiger partial charge in [-0.15, -0.1) is 0 Å². The molecule has 0 N–H and O–H groups in total. The van der Waals surface area contributed by atoms with Gasteiger partial charge in [0.05, 0.1) is 68.0 Å². The molecule has 0 amide bonds. The maximum Gasteiger partial charge on any atom is 0.218 e. The van der Waals surface area contributed by atoms with Crippen LogP contribution in [0.3, 0.4) is 0 Å². The van der Waals surface area contributed by atoms with Crippen LogP contribution in [0.15, 0.2) is 132 Å². The summed E-state index contributed by atoms with van der Waals surface area (Å²) in [6.07, 6.45) is 7.48. The Morgan fingerprint density at radius 1 is 0.462 bits per heavy atom. The Morgan fingerprint density at radius 3 is 1.31 bits per heavy atom. The fourth-order valence-electron chi connectivity index (χ4n) is 7.66. The van der Waals surface area contributed by atoms with E-state index in [1.54, 1.807) is 0 Å². The van der Waals surface area contributed by atoms with Crippen LogP contribution in [0.25, 0.3) is 66.1 Å². The highest BCUT2D eigenvalue weighted by molar-refractivity contribution is 6.13. The van der Waals surface area contributed by atoms with E-state index in [0.29, 0.717) is 25.0 Å². The minimum atomic E-state index is -0.243. The molecular weight excluding hydrogens is 645 g/mol. The van der Waals surface area contributed by atoms with Crippen molar-refractivity contribution in [3.05, 3.63) is 133 Å². The molecule has 8 aromatic rings. The topological polar surface area (TPSA) is 78.8 Å². The van der Waals surface area contributed by atoms with Crippen molar-refractivity contribution in [3.63, 3.8) is 0 Å². The first-order chi connectivity index (χ1) is 25.2. The lowest BCUT2D eigenvalue weighted by atomic mass is 10.0. The summed E-state index contributed by atoms with van der Waals surface area (Å²) >= 11 is 0. The average molecular weight is 681 g/mol. The summed E-state index contributed by atoms with van der Waals surface area (Å²) in [7, 11) is 0. The van der Waals surface area contributed by atoms with Gasteiger partial charge in [-0.25, -0.2) is 9.98 Å². The van der Waals surface area contributed by atoms with E-state index in [9.17, 15) is 0 Å². The van der Waals surface area contributed by atoms with Crippen LogP contribution in [0.1, 0.15) is 38.8 Å². The van der Waals surface area contributed by atoms with Crippen molar-refractivity contribution in [3.8, 4) is 22.5 Å². The summed E-state index contributed by atoms with van der Waals surface area (Å²) < 4.78 is 16.5. The van der Waals surface area contributed by atoms with Crippen molar-refractivity contribution in [2.45, 2.75) is 38.8 Å². The highest BCUT2D eigenvalue weighted by Gasteiger charge is 2.29. The van der Waals surface area contributed by atoms with Crippen molar-refractivity contribution in [1.82, 2.24) is 19.1 Å². The van der Waals surface area contributed by atoms with E-state index in [0.717, 1.165) is 55.7 Å². The van der Waals surface area contributed by atoms with Crippen molar-refractivity contribution in [2.24, 2.45) is 9.98 Å². The molecule has 6 heterocycles. The second kappa shape index (κ2) is 11.1. The third kappa shape index (κ3) is 4.89. The van der Waals surface area contributed by atoms with Gasteiger partial charge in [0.25, 0.3) is 0 Å². The lowest BCUT2D eigenvalue weighted by molar-refractivity contribution is 0.279. The van der Waals surface area contributed by atoms with Gasteiger partial charge in [-0.1, -0.05) is 48.5 Å². The molecule has 0 bridgehead atoms. The van der Waals surface area contributed by atoms with E-state index in [2.05, 4.69) is 144 Å². The van der Waals surface area contributed by atoms with Crippen molar-refractivity contribution in [2.75, 3.05) is 13.2 Å². The fourth-order valence-corrected chi connectivity index (χ4v) is 7.66. The normalized spacial score (nSPS) is 16.4. The minimum Gasteiger partial charge on any atom is -0.475 e. The van der Waals surface area contributed by atoms with Gasteiger partial charge in [0, 0.05) is 33.9 Å². The lowest BCUT2D eigenvalue weighted by Gasteiger charge is -2.10. The Morgan fingerprint density at radius 2 is 0.885 bits per heavy atom. The van der Waals surface area contributed by atoms with Crippen LogP contribution in [-0.4, -0.2) is 55.2 Å². The fraction of sp³-hybridized carbons (Fsp3) is 0.182. The van der Waals surface area contributed by atoms with Crippen molar-refractivity contribution >= 4 is 55.4 Å². The first-order valence-electron chi connectivity index (χ1n) is 17.7. The summed E-state index contributed by atoms with van der Waals surface area (Å²) in [4.78, 5) is 18.8.